The molecule has 5 heteroatoms. The standard InChI is InChI=1S/C12H19FN4/c1-10(9-14)16-5-7-17(8-6-16)12-11(13)3-2-4-15-12/h2-4,10H,5-9,14H2,1H3. The Labute approximate surface area is 101 Å². The van der Waals surface area contributed by atoms with Crippen molar-refractivity contribution in [2.75, 3.05) is 37.6 Å². The van der Waals surface area contributed by atoms with E-state index < -0.39 is 0 Å². The van der Waals surface area contributed by atoms with Crippen LogP contribution in [0.4, 0.5) is 10.2 Å². The summed E-state index contributed by atoms with van der Waals surface area (Å²) >= 11 is 0. The Morgan fingerprint density at radius 2 is 2.12 bits per heavy atom. The first-order valence-electron chi connectivity index (χ1n) is 6.02. The highest BCUT2D eigenvalue weighted by atomic mass is 19.1. The van der Waals surface area contributed by atoms with Crippen molar-refractivity contribution < 1.29 is 4.39 Å². The molecule has 0 aromatic carbocycles. The number of hydrogen-bond acceptors (Lipinski definition) is 4. The largest absolute Gasteiger partial charge is 0.352 e. The van der Waals surface area contributed by atoms with E-state index in [0.717, 1.165) is 26.2 Å². The number of piperazine rings is 1. The first kappa shape index (κ1) is 12.3. The Morgan fingerprint density at radius 1 is 1.41 bits per heavy atom. The van der Waals surface area contributed by atoms with Crippen molar-refractivity contribution in [2.24, 2.45) is 5.73 Å². The maximum absolute atomic E-state index is 13.6. The summed E-state index contributed by atoms with van der Waals surface area (Å²) in [5, 5.41) is 0. The third kappa shape index (κ3) is 2.73. The fourth-order valence-electron chi connectivity index (χ4n) is 2.13. The highest BCUT2D eigenvalue weighted by Crippen LogP contribution is 2.17. The molecule has 2 rings (SSSR count). The van der Waals surface area contributed by atoms with Crippen LogP contribution in [0.2, 0.25) is 0 Å². The smallest absolute Gasteiger partial charge is 0.165 e. The zero-order chi connectivity index (χ0) is 12.3. The van der Waals surface area contributed by atoms with E-state index in [2.05, 4.69) is 16.8 Å². The van der Waals surface area contributed by atoms with Gasteiger partial charge >= 0.3 is 0 Å². The molecule has 0 bridgehead atoms. The molecular weight excluding hydrogens is 219 g/mol. The van der Waals surface area contributed by atoms with E-state index in [4.69, 9.17) is 5.73 Å². The number of pyridine rings is 1. The van der Waals surface area contributed by atoms with Gasteiger partial charge in [-0.25, -0.2) is 9.37 Å². The molecule has 4 nitrogen and oxygen atoms in total. The monoisotopic (exact) mass is 238 g/mol. The van der Waals surface area contributed by atoms with Gasteiger partial charge in [-0.2, -0.15) is 0 Å². The lowest BCUT2D eigenvalue weighted by Gasteiger charge is -2.38. The molecular formula is C12H19FN4. The summed E-state index contributed by atoms with van der Waals surface area (Å²) in [6.45, 7) is 6.22. The second kappa shape index (κ2) is 5.42. The lowest BCUT2D eigenvalue weighted by Crippen LogP contribution is -2.51. The number of nitrogens with two attached hydrogens (primary N) is 1. The third-order valence-corrected chi connectivity index (χ3v) is 3.32. The number of anilines is 1. The SMILES string of the molecule is CC(CN)N1CCN(c2ncccc2F)CC1. The van der Waals surface area contributed by atoms with E-state index in [1.54, 1.807) is 12.3 Å². The average Bonchev–Trinajstić information content (AvgIpc) is 2.39. The van der Waals surface area contributed by atoms with Crippen LogP contribution in [-0.2, 0) is 0 Å². The van der Waals surface area contributed by atoms with E-state index in [1.807, 2.05) is 4.90 Å². The molecule has 0 aliphatic carbocycles. The minimum atomic E-state index is -0.243. The molecule has 0 radical (unpaired) electrons. The predicted molar refractivity (Wildman–Crippen MR) is 66.5 cm³/mol. The number of hydrogen-bond donors (Lipinski definition) is 1. The highest BCUT2D eigenvalue weighted by molar-refractivity contribution is 5.40. The third-order valence-electron chi connectivity index (χ3n) is 3.32. The van der Waals surface area contributed by atoms with E-state index in [-0.39, 0.29) is 5.82 Å². The zero-order valence-electron chi connectivity index (χ0n) is 10.1. The topological polar surface area (TPSA) is 45.4 Å². The van der Waals surface area contributed by atoms with Gasteiger partial charge in [-0.05, 0) is 19.1 Å². The highest BCUT2D eigenvalue weighted by Gasteiger charge is 2.22. The van der Waals surface area contributed by atoms with Gasteiger partial charge in [0.05, 0.1) is 0 Å². The van der Waals surface area contributed by atoms with Crippen molar-refractivity contribution in [3.8, 4) is 0 Å². The molecule has 2 N–H and O–H groups in total. The normalized spacial score (nSPS) is 19.4. The van der Waals surface area contributed by atoms with Crippen LogP contribution in [0, 0.1) is 5.82 Å². The summed E-state index contributed by atoms with van der Waals surface area (Å²) in [6.07, 6.45) is 1.63. The molecule has 1 aliphatic heterocycles. The van der Waals surface area contributed by atoms with E-state index in [1.165, 1.54) is 6.07 Å². The Kier molecular flexibility index (Phi) is 3.91. The van der Waals surface area contributed by atoms with Crippen molar-refractivity contribution in [2.45, 2.75) is 13.0 Å². The minimum Gasteiger partial charge on any atom is -0.352 e. The molecule has 94 valence electrons. The summed E-state index contributed by atoms with van der Waals surface area (Å²) in [5.74, 6) is 0.223. The van der Waals surface area contributed by atoms with Crippen molar-refractivity contribution in [3.63, 3.8) is 0 Å². The summed E-state index contributed by atoms with van der Waals surface area (Å²) in [5.41, 5.74) is 5.65. The number of nitrogens with zero attached hydrogens (tertiary/aromatic N) is 3. The molecule has 1 unspecified atom stereocenters. The fraction of sp³-hybridized carbons (Fsp3) is 0.583. The maximum Gasteiger partial charge on any atom is 0.165 e. The van der Waals surface area contributed by atoms with E-state index in [0.29, 0.717) is 18.4 Å². The summed E-state index contributed by atoms with van der Waals surface area (Å²) < 4.78 is 13.6. The van der Waals surface area contributed by atoms with Crippen LogP contribution in [0.25, 0.3) is 0 Å². The average molecular weight is 238 g/mol. The summed E-state index contributed by atoms with van der Waals surface area (Å²) in [4.78, 5) is 8.43. The van der Waals surface area contributed by atoms with Crippen LogP contribution < -0.4 is 10.6 Å². The van der Waals surface area contributed by atoms with Gasteiger partial charge in [0.15, 0.2) is 11.6 Å². The molecule has 1 aromatic rings. The van der Waals surface area contributed by atoms with Crippen LogP contribution in [0.3, 0.4) is 0 Å². The zero-order valence-corrected chi connectivity index (χ0v) is 10.1. The molecule has 1 atom stereocenters. The van der Waals surface area contributed by atoms with Crippen LogP contribution in [0.5, 0.6) is 0 Å². The second-order valence-electron chi connectivity index (χ2n) is 4.42. The van der Waals surface area contributed by atoms with E-state index in [9.17, 15) is 4.39 Å². The maximum atomic E-state index is 13.6. The predicted octanol–water partition coefficient (Wildman–Crippen LogP) is 0.690. The first-order chi connectivity index (χ1) is 8.22. The van der Waals surface area contributed by atoms with Crippen molar-refractivity contribution >= 4 is 5.82 Å². The first-order valence-corrected chi connectivity index (χ1v) is 6.02. The molecule has 1 fully saturated rings. The fourth-order valence-corrected chi connectivity index (χ4v) is 2.13. The molecule has 17 heavy (non-hydrogen) atoms. The van der Waals surface area contributed by atoms with E-state index >= 15 is 0 Å². The molecule has 0 amide bonds. The Morgan fingerprint density at radius 3 is 2.71 bits per heavy atom. The molecule has 2 heterocycles. The van der Waals surface area contributed by atoms with Gasteiger partial charge in [0, 0.05) is 45.0 Å². The van der Waals surface area contributed by atoms with Gasteiger partial charge in [0.2, 0.25) is 0 Å². The summed E-state index contributed by atoms with van der Waals surface area (Å²) in [7, 11) is 0. The molecule has 0 spiro atoms. The lowest BCUT2D eigenvalue weighted by atomic mass is 10.2. The quantitative estimate of drug-likeness (QED) is 0.841. The molecule has 1 aliphatic rings. The number of halogens is 1. The summed E-state index contributed by atoms with van der Waals surface area (Å²) in [6, 6.07) is 3.47. The van der Waals surface area contributed by atoms with Gasteiger partial charge < -0.3 is 10.6 Å². The molecule has 0 saturated carbocycles. The number of rotatable bonds is 3. The van der Waals surface area contributed by atoms with Crippen molar-refractivity contribution in [1.29, 1.82) is 0 Å². The van der Waals surface area contributed by atoms with Crippen LogP contribution in [0.15, 0.2) is 18.3 Å². The minimum absolute atomic E-state index is 0.243. The van der Waals surface area contributed by atoms with Crippen LogP contribution in [-0.4, -0.2) is 48.6 Å². The van der Waals surface area contributed by atoms with Crippen LogP contribution in [0.1, 0.15) is 6.92 Å². The Hall–Kier alpha value is -1.20. The molecule has 1 aromatic heterocycles. The van der Waals surface area contributed by atoms with Gasteiger partial charge in [-0.1, -0.05) is 0 Å². The van der Waals surface area contributed by atoms with Gasteiger partial charge in [-0.15, -0.1) is 0 Å². The van der Waals surface area contributed by atoms with Gasteiger partial charge in [0.25, 0.3) is 0 Å². The lowest BCUT2D eigenvalue weighted by molar-refractivity contribution is 0.200. The van der Waals surface area contributed by atoms with Crippen LogP contribution >= 0.6 is 0 Å². The van der Waals surface area contributed by atoms with Crippen molar-refractivity contribution in [3.05, 3.63) is 24.1 Å². The Bertz CT molecular complexity index is 363. The number of aromatic nitrogens is 1. The Balaban J connectivity index is 1.98. The van der Waals surface area contributed by atoms with Gasteiger partial charge in [0.1, 0.15) is 0 Å². The molecule has 1 saturated heterocycles. The van der Waals surface area contributed by atoms with Gasteiger partial charge in [-0.3, -0.25) is 4.90 Å². The second-order valence-corrected chi connectivity index (χ2v) is 4.42. The van der Waals surface area contributed by atoms with Crippen molar-refractivity contribution in [1.82, 2.24) is 9.88 Å².